The molecule has 21 heavy (non-hydrogen) atoms. The fourth-order valence-corrected chi connectivity index (χ4v) is 2.95. The van der Waals surface area contributed by atoms with Crippen molar-refractivity contribution < 1.29 is 9.90 Å². The van der Waals surface area contributed by atoms with Gasteiger partial charge < -0.3 is 10.0 Å². The van der Waals surface area contributed by atoms with Gasteiger partial charge in [0.2, 0.25) is 0 Å². The molecule has 1 unspecified atom stereocenters. The minimum absolute atomic E-state index is 0.163. The zero-order chi connectivity index (χ0) is 14.8. The van der Waals surface area contributed by atoms with Crippen molar-refractivity contribution in [2.75, 3.05) is 18.0 Å². The van der Waals surface area contributed by atoms with E-state index >= 15 is 0 Å². The van der Waals surface area contributed by atoms with E-state index in [0.717, 1.165) is 19.5 Å². The first kappa shape index (κ1) is 13.9. The van der Waals surface area contributed by atoms with Gasteiger partial charge in [-0.25, -0.2) is 9.78 Å². The molecule has 1 fully saturated rings. The molecule has 2 heterocycles. The molecule has 0 amide bonds. The standard InChI is InChI=1S/C16H15ClN2O2/c17-13-8-14(16(20)21)15(18-9-13)19-7-6-12(10-19)11-4-2-1-3-5-11/h1-5,8-9,12H,6-7,10H2,(H,20,21). The Hall–Kier alpha value is -2.07. The fraction of sp³-hybridized carbons (Fsp3) is 0.250. The number of aromatic nitrogens is 1. The van der Waals surface area contributed by atoms with Crippen molar-refractivity contribution in [3.63, 3.8) is 0 Å². The molecule has 0 spiro atoms. The van der Waals surface area contributed by atoms with Gasteiger partial charge in [0, 0.05) is 25.2 Å². The van der Waals surface area contributed by atoms with E-state index in [2.05, 4.69) is 17.1 Å². The van der Waals surface area contributed by atoms with Gasteiger partial charge in [-0.1, -0.05) is 41.9 Å². The molecule has 3 rings (SSSR count). The number of carboxylic acids is 1. The summed E-state index contributed by atoms with van der Waals surface area (Å²) < 4.78 is 0. The number of halogens is 1. The van der Waals surface area contributed by atoms with Gasteiger partial charge in [0.05, 0.1) is 5.02 Å². The van der Waals surface area contributed by atoms with E-state index in [4.69, 9.17) is 11.6 Å². The highest BCUT2D eigenvalue weighted by molar-refractivity contribution is 6.30. The van der Waals surface area contributed by atoms with Gasteiger partial charge in [-0.05, 0) is 18.1 Å². The van der Waals surface area contributed by atoms with E-state index in [1.807, 2.05) is 23.1 Å². The smallest absolute Gasteiger partial charge is 0.339 e. The molecule has 0 bridgehead atoms. The highest BCUT2D eigenvalue weighted by Gasteiger charge is 2.27. The van der Waals surface area contributed by atoms with Crippen LogP contribution in [0.4, 0.5) is 5.82 Å². The first-order chi connectivity index (χ1) is 10.1. The lowest BCUT2D eigenvalue weighted by Gasteiger charge is -2.19. The van der Waals surface area contributed by atoms with Gasteiger partial charge in [-0.3, -0.25) is 0 Å². The van der Waals surface area contributed by atoms with Crippen molar-refractivity contribution in [2.45, 2.75) is 12.3 Å². The molecule has 5 heteroatoms. The number of hydrogen-bond acceptors (Lipinski definition) is 3. The summed E-state index contributed by atoms with van der Waals surface area (Å²) in [4.78, 5) is 17.6. The normalized spacial score (nSPS) is 18.0. The molecule has 1 N–H and O–H groups in total. The lowest BCUT2D eigenvalue weighted by Crippen LogP contribution is -2.23. The van der Waals surface area contributed by atoms with Gasteiger partial charge >= 0.3 is 5.97 Å². The van der Waals surface area contributed by atoms with Gasteiger partial charge in [0.15, 0.2) is 0 Å². The van der Waals surface area contributed by atoms with Crippen LogP contribution in [0.25, 0.3) is 0 Å². The molecule has 4 nitrogen and oxygen atoms in total. The molecule has 108 valence electrons. The number of rotatable bonds is 3. The Labute approximate surface area is 128 Å². The zero-order valence-corrected chi connectivity index (χ0v) is 12.1. The topological polar surface area (TPSA) is 53.4 Å². The SMILES string of the molecule is O=C(O)c1cc(Cl)cnc1N1CCC(c2ccccc2)C1. The van der Waals surface area contributed by atoms with Crippen LogP contribution in [-0.2, 0) is 0 Å². The molecule has 0 radical (unpaired) electrons. The van der Waals surface area contributed by atoms with Crippen molar-refractivity contribution in [1.82, 2.24) is 4.98 Å². The van der Waals surface area contributed by atoms with Gasteiger partial charge in [-0.2, -0.15) is 0 Å². The third-order valence-corrected chi connectivity index (χ3v) is 4.03. The number of carboxylic acid groups (broad SMARTS) is 1. The number of nitrogens with zero attached hydrogens (tertiary/aromatic N) is 2. The van der Waals surface area contributed by atoms with Gasteiger partial charge in [-0.15, -0.1) is 0 Å². The quantitative estimate of drug-likeness (QED) is 0.944. The van der Waals surface area contributed by atoms with Crippen molar-refractivity contribution >= 4 is 23.4 Å². The third kappa shape index (κ3) is 2.85. The second kappa shape index (κ2) is 5.74. The van der Waals surface area contributed by atoms with Crippen LogP contribution in [0.5, 0.6) is 0 Å². The first-order valence-electron chi connectivity index (χ1n) is 6.84. The summed E-state index contributed by atoms with van der Waals surface area (Å²) >= 11 is 5.85. The Bertz CT molecular complexity index is 661. The number of anilines is 1. The summed E-state index contributed by atoms with van der Waals surface area (Å²) in [6.45, 7) is 1.58. The number of pyridine rings is 1. The number of aromatic carboxylic acids is 1. The Kier molecular flexibility index (Phi) is 3.80. The number of carbonyl (C=O) groups is 1. The van der Waals surface area contributed by atoms with E-state index in [1.54, 1.807) is 0 Å². The highest BCUT2D eigenvalue weighted by atomic mass is 35.5. The largest absolute Gasteiger partial charge is 0.478 e. The van der Waals surface area contributed by atoms with Gasteiger partial charge in [0.25, 0.3) is 0 Å². The van der Waals surface area contributed by atoms with E-state index in [-0.39, 0.29) is 5.56 Å². The second-order valence-corrected chi connectivity index (χ2v) is 5.61. The van der Waals surface area contributed by atoms with E-state index in [1.165, 1.54) is 17.8 Å². The summed E-state index contributed by atoms with van der Waals surface area (Å²) in [6.07, 6.45) is 2.49. The lowest BCUT2D eigenvalue weighted by atomic mass is 9.99. The highest BCUT2D eigenvalue weighted by Crippen LogP contribution is 2.32. The molecule has 1 saturated heterocycles. The van der Waals surface area contributed by atoms with Crippen molar-refractivity contribution in [3.05, 3.63) is 58.7 Å². The first-order valence-corrected chi connectivity index (χ1v) is 7.21. The number of benzene rings is 1. The zero-order valence-electron chi connectivity index (χ0n) is 11.4. The molecule has 1 aliphatic heterocycles. The molecule has 1 aromatic carbocycles. The molecule has 0 aliphatic carbocycles. The molecule has 2 aromatic rings. The van der Waals surface area contributed by atoms with Crippen molar-refractivity contribution in [1.29, 1.82) is 0 Å². The van der Waals surface area contributed by atoms with Crippen LogP contribution in [0.15, 0.2) is 42.6 Å². The van der Waals surface area contributed by atoms with Gasteiger partial charge in [0.1, 0.15) is 11.4 Å². The Morgan fingerprint density at radius 1 is 1.33 bits per heavy atom. The van der Waals surface area contributed by atoms with E-state index < -0.39 is 5.97 Å². The van der Waals surface area contributed by atoms with Crippen LogP contribution in [0.1, 0.15) is 28.3 Å². The molecule has 1 atom stereocenters. The lowest BCUT2D eigenvalue weighted by molar-refractivity contribution is 0.0697. The maximum Gasteiger partial charge on any atom is 0.339 e. The molecule has 1 aliphatic rings. The van der Waals surface area contributed by atoms with E-state index in [9.17, 15) is 9.90 Å². The summed E-state index contributed by atoms with van der Waals surface area (Å²) in [7, 11) is 0. The molecule has 0 saturated carbocycles. The minimum atomic E-state index is -0.997. The summed E-state index contributed by atoms with van der Waals surface area (Å²) in [5.74, 6) is -0.0844. The predicted molar refractivity (Wildman–Crippen MR) is 82.2 cm³/mol. The second-order valence-electron chi connectivity index (χ2n) is 5.17. The molecule has 1 aromatic heterocycles. The van der Waals surface area contributed by atoms with Crippen LogP contribution in [0.2, 0.25) is 5.02 Å². The van der Waals surface area contributed by atoms with Crippen LogP contribution in [-0.4, -0.2) is 29.1 Å². The Balaban J connectivity index is 1.85. The Morgan fingerprint density at radius 3 is 2.81 bits per heavy atom. The summed E-state index contributed by atoms with van der Waals surface area (Å²) in [6, 6.07) is 11.7. The average molecular weight is 303 g/mol. The number of hydrogen-bond donors (Lipinski definition) is 1. The van der Waals surface area contributed by atoms with E-state index in [0.29, 0.717) is 16.8 Å². The third-order valence-electron chi connectivity index (χ3n) is 3.82. The molecular weight excluding hydrogens is 288 g/mol. The predicted octanol–water partition coefficient (Wildman–Crippen LogP) is 3.43. The maximum absolute atomic E-state index is 11.4. The molecular formula is C16H15ClN2O2. The van der Waals surface area contributed by atoms with Crippen LogP contribution < -0.4 is 4.90 Å². The average Bonchev–Trinajstić information content (AvgIpc) is 2.97. The summed E-state index contributed by atoms with van der Waals surface area (Å²) in [5, 5.41) is 9.65. The van der Waals surface area contributed by atoms with Crippen LogP contribution in [0.3, 0.4) is 0 Å². The summed E-state index contributed by atoms with van der Waals surface area (Å²) in [5.41, 5.74) is 1.45. The monoisotopic (exact) mass is 302 g/mol. The van der Waals surface area contributed by atoms with Crippen LogP contribution in [0, 0.1) is 0 Å². The fourth-order valence-electron chi connectivity index (χ4n) is 2.79. The van der Waals surface area contributed by atoms with Crippen LogP contribution >= 0.6 is 11.6 Å². The minimum Gasteiger partial charge on any atom is -0.478 e. The van der Waals surface area contributed by atoms with Crippen molar-refractivity contribution in [3.8, 4) is 0 Å². The Morgan fingerprint density at radius 2 is 2.10 bits per heavy atom. The maximum atomic E-state index is 11.4. The van der Waals surface area contributed by atoms with Crippen molar-refractivity contribution in [2.24, 2.45) is 0 Å².